The maximum Gasteiger partial charge on any atom is 0.336 e. The minimum Gasteiger partial charge on any atom is -0.507 e. The van der Waals surface area contributed by atoms with Crippen LogP contribution in [0.2, 0.25) is 0 Å². The van der Waals surface area contributed by atoms with Crippen molar-refractivity contribution < 1.29 is 29.7 Å². The maximum absolute atomic E-state index is 13.1. The number of hydrogen-bond acceptors (Lipinski definition) is 5. The van der Waals surface area contributed by atoms with Gasteiger partial charge in [-0.3, -0.25) is 9.59 Å². The number of likely N-dealkylation sites (tertiary alicyclic amines) is 1. The maximum atomic E-state index is 13.1. The molecule has 1 saturated heterocycles. The Balaban J connectivity index is 1.85. The molecule has 0 aromatic rings. The molecule has 182 valence electrons. The third kappa shape index (κ3) is 4.65. The van der Waals surface area contributed by atoms with Crippen LogP contribution in [0.3, 0.4) is 0 Å². The minimum atomic E-state index is -2.15. The van der Waals surface area contributed by atoms with Gasteiger partial charge in [0, 0.05) is 13.5 Å². The molecule has 2 fully saturated rings. The number of likely N-dealkylation sites (N-methyl/N-ethyl adjacent to an activating group) is 1. The Kier molecular flexibility index (Phi) is 7.52. The van der Waals surface area contributed by atoms with Crippen molar-refractivity contribution in [3.63, 3.8) is 0 Å². The average molecular weight is 460 g/mol. The van der Waals surface area contributed by atoms with Gasteiger partial charge in [0.2, 0.25) is 0 Å². The molecular formula is C26H37NO6. The summed E-state index contributed by atoms with van der Waals surface area (Å²) in [7, 11) is 1.40. The fraction of sp³-hybridized carbons (Fsp3) is 0.654. The summed E-state index contributed by atoms with van der Waals surface area (Å²) in [5.74, 6) is -2.22. The number of aliphatic carboxylic acids is 1. The molecule has 1 aliphatic heterocycles. The second-order valence-electron chi connectivity index (χ2n) is 10.1. The number of allylic oxidation sites excluding steroid dienone is 4. The first kappa shape index (κ1) is 25.2. The Hall–Kier alpha value is -2.41. The first-order valence-corrected chi connectivity index (χ1v) is 12.1. The highest BCUT2D eigenvalue weighted by molar-refractivity contribution is 6.27. The predicted molar refractivity (Wildman–Crippen MR) is 124 cm³/mol. The number of carbonyl (C=O) groups excluding carboxylic acids is 2. The zero-order valence-corrected chi connectivity index (χ0v) is 20.0. The van der Waals surface area contributed by atoms with Crippen molar-refractivity contribution in [1.82, 2.24) is 4.90 Å². The van der Waals surface area contributed by atoms with E-state index in [2.05, 4.69) is 19.1 Å². The molecule has 0 aromatic carbocycles. The van der Waals surface area contributed by atoms with Crippen LogP contribution < -0.4 is 0 Å². The molecule has 7 atom stereocenters. The summed E-state index contributed by atoms with van der Waals surface area (Å²) in [5, 5.41) is 31.1. The topological polar surface area (TPSA) is 115 Å². The van der Waals surface area contributed by atoms with E-state index in [9.17, 15) is 29.7 Å². The number of ketones is 1. The van der Waals surface area contributed by atoms with Gasteiger partial charge in [-0.25, -0.2) is 4.79 Å². The summed E-state index contributed by atoms with van der Waals surface area (Å²) < 4.78 is 0. The summed E-state index contributed by atoms with van der Waals surface area (Å²) in [4.78, 5) is 38.8. The van der Waals surface area contributed by atoms with Gasteiger partial charge in [-0.15, -0.1) is 0 Å². The molecule has 0 radical (unpaired) electrons. The molecular weight excluding hydrogens is 422 g/mol. The molecule has 1 heterocycles. The fourth-order valence-electron chi connectivity index (χ4n) is 5.71. The molecule has 3 aliphatic rings. The van der Waals surface area contributed by atoms with Crippen LogP contribution in [-0.2, 0) is 14.4 Å². The van der Waals surface area contributed by atoms with Gasteiger partial charge in [-0.05, 0) is 48.5 Å². The van der Waals surface area contributed by atoms with Crippen LogP contribution in [0.15, 0.2) is 35.6 Å². The van der Waals surface area contributed by atoms with Gasteiger partial charge < -0.3 is 20.2 Å². The molecule has 3 rings (SSSR count). The average Bonchev–Trinajstić information content (AvgIpc) is 3.00. The van der Waals surface area contributed by atoms with E-state index in [1.165, 1.54) is 26.0 Å². The van der Waals surface area contributed by atoms with Crippen molar-refractivity contribution in [2.24, 2.45) is 29.6 Å². The van der Waals surface area contributed by atoms with Crippen molar-refractivity contribution >= 4 is 17.7 Å². The number of aliphatic hydroxyl groups is 2. The highest BCUT2D eigenvalue weighted by Crippen LogP contribution is 2.43. The largest absolute Gasteiger partial charge is 0.507 e. The van der Waals surface area contributed by atoms with Crippen LogP contribution in [0, 0.1) is 29.6 Å². The summed E-state index contributed by atoms with van der Waals surface area (Å²) in [6.07, 6.45) is 12.6. The number of fused-ring (bicyclic) bond motifs is 1. The number of amides is 1. The third-order valence-electron chi connectivity index (χ3n) is 8.22. The molecule has 1 saturated carbocycles. The van der Waals surface area contributed by atoms with Gasteiger partial charge >= 0.3 is 5.97 Å². The third-order valence-corrected chi connectivity index (χ3v) is 8.22. The summed E-state index contributed by atoms with van der Waals surface area (Å²) in [5.41, 5.74) is -2.49. The number of carboxylic acid groups (broad SMARTS) is 1. The van der Waals surface area contributed by atoms with Gasteiger partial charge in [-0.1, -0.05) is 58.3 Å². The lowest BCUT2D eigenvalue weighted by Crippen LogP contribution is -2.50. The normalized spacial score (nSPS) is 34.3. The first-order chi connectivity index (χ1) is 15.5. The Morgan fingerprint density at radius 3 is 2.55 bits per heavy atom. The van der Waals surface area contributed by atoms with Crippen LogP contribution in [-0.4, -0.2) is 56.6 Å². The lowest BCUT2D eigenvalue weighted by Gasteiger charge is -2.40. The van der Waals surface area contributed by atoms with Crippen molar-refractivity contribution in [2.75, 3.05) is 7.05 Å². The lowest BCUT2D eigenvalue weighted by atomic mass is 9.65. The number of aliphatic hydroxyl groups excluding tert-OH is 1. The van der Waals surface area contributed by atoms with E-state index in [0.29, 0.717) is 24.2 Å². The van der Waals surface area contributed by atoms with Crippen LogP contribution in [0.5, 0.6) is 0 Å². The molecule has 1 amide bonds. The van der Waals surface area contributed by atoms with E-state index in [4.69, 9.17) is 0 Å². The zero-order chi connectivity index (χ0) is 24.5. The monoisotopic (exact) mass is 459 g/mol. The van der Waals surface area contributed by atoms with Gasteiger partial charge in [0.05, 0.1) is 6.04 Å². The van der Waals surface area contributed by atoms with E-state index in [1.54, 1.807) is 13.8 Å². The van der Waals surface area contributed by atoms with Crippen LogP contribution >= 0.6 is 0 Å². The van der Waals surface area contributed by atoms with Gasteiger partial charge in [0.1, 0.15) is 11.3 Å². The van der Waals surface area contributed by atoms with E-state index < -0.39 is 47.4 Å². The Bertz CT molecular complexity index is 889. The SMILES string of the molecule is CCC(C)C(O)(CC1C(=O)/C(=C(O)/C=C/[C@@H]2C3CCCC[C@@H]3C=C[C@@H]2C)C(=O)N1C)C(=O)O. The zero-order valence-electron chi connectivity index (χ0n) is 20.0. The number of carbonyl (C=O) groups is 3. The van der Waals surface area contributed by atoms with E-state index in [1.807, 2.05) is 6.08 Å². The van der Waals surface area contributed by atoms with Crippen LogP contribution in [0.1, 0.15) is 59.3 Å². The molecule has 33 heavy (non-hydrogen) atoms. The first-order valence-electron chi connectivity index (χ1n) is 12.1. The highest BCUT2D eigenvalue weighted by Gasteiger charge is 2.51. The molecule has 7 nitrogen and oxygen atoms in total. The summed E-state index contributed by atoms with van der Waals surface area (Å²) in [6, 6.07) is -1.14. The minimum absolute atomic E-state index is 0.214. The Morgan fingerprint density at radius 2 is 1.91 bits per heavy atom. The van der Waals surface area contributed by atoms with E-state index >= 15 is 0 Å². The van der Waals surface area contributed by atoms with Gasteiger partial charge in [0.15, 0.2) is 11.4 Å². The summed E-state index contributed by atoms with van der Waals surface area (Å²) in [6.45, 7) is 5.49. The van der Waals surface area contributed by atoms with E-state index in [-0.39, 0.29) is 11.5 Å². The van der Waals surface area contributed by atoms with Crippen LogP contribution in [0.25, 0.3) is 0 Å². The number of Topliss-reactive ketones (excluding diaryl/α,β-unsaturated/α-hetero) is 1. The van der Waals surface area contributed by atoms with Crippen molar-refractivity contribution in [2.45, 2.75) is 70.9 Å². The van der Waals surface area contributed by atoms with Gasteiger partial charge in [-0.2, -0.15) is 0 Å². The molecule has 3 N–H and O–H groups in total. The van der Waals surface area contributed by atoms with Crippen LogP contribution in [0.4, 0.5) is 0 Å². The number of rotatable bonds is 7. The molecule has 4 unspecified atom stereocenters. The van der Waals surface area contributed by atoms with Crippen molar-refractivity contribution in [1.29, 1.82) is 0 Å². The summed E-state index contributed by atoms with van der Waals surface area (Å²) >= 11 is 0. The number of nitrogens with zero attached hydrogens (tertiary/aromatic N) is 1. The molecule has 2 aliphatic carbocycles. The molecule has 0 bridgehead atoms. The quantitative estimate of drug-likeness (QED) is 0.232. The van der Waals surface area contributed by atoms with Crippen molar-refractivity contribution in [3.8, 4) is 0 Å². The van der Waals surface area contributed by atoms with E-state index in [0.717, 1.165) is 17.7 Å². The number of hydrogen-bond donors (Lipinski definition) is 3. The molecule has 0 aromatic heterocycles. The Morgan fingerprint density at radius 1 is 1.24 bits per heavy atom. The smallest absolute Gasteiger partial charge is 0.336 e. The number of carboxylic acids is 1. The molecule has 7 heteroatoms. The standard InChI is InChI=1S/C26H37NO6/c1-5-16(3)26(33,25(31)32)14-20-23(29)22(24(30)27(20)4)21(28)13-12-18-15(2)10-11-17-8-6-7-9-19(17)18/h10-13,15-20,28,33H,5-9,14H2,1-4H3,(H,31,32)/b13-12+,22-21+/t15-,16?,17+,18-,19?,20?,26?/m0/s1. The van der Waals surface area contributed by atoms with Crippen molar-refractivity contribution in [3.05, 3.63) is 35.6 Å². The second kappa shape index (κ2) is 9.84. The lowest BCUT2D eigenvalue weighted by molar-refractivity contribution is -0.167. The molecule has 0 spiro atoms. The highest BCUT2D eigenvalue weighted by atomic mass is 16.4. The predicted octanol–water partition coefficient (Wildman–Crippen LogP) is 3.64. The fourth-order valence-corrected chi connectivity index (χ4v) is 5.71. The Labute approximate surface area is 195 Å². The van der Waals surface area contributed by atoms with Gasteiger partial charge in [0.25, 0.3) is 5.91 Å². The second-order valence-corrected chi connectivity index (χ2v) is 10.1.